The van der Waals surface area contributed by atoms with E-state index in [-0.39, 0.29) is 5.54 Å². The topological polar surface area (TPSA) is 49.3 Å². The van der Waals surface area contributed by atoms with Gasteiger partial charge in [-0.05, 0) is 27.2 Å². The highest BCUT2D eigenvalue weighted by Gasteiger charge is 2.20. The van der Waals surface area contributed by atoms with Crippen molar-refractivity contribution in [1.82, 2.24) is 5.32 Å². The third-order valence-electron chi connectivity index (χ3n) is 1.31. The van der Waals surface area contributed by atoms with Gasteiger partial charge in [0.15, 0.2) is 0 Å². The predicted molar refractivity (Wildman–Crippen MR) is 44.6 cm³/mol. The van der Waals surface area contributed by atoms with E-state index in [9.17, 15) is 4.79 Å². The summed E-state index contributed by atoms with van der Waals surface area (Å²) in [5.41, 5.74) is -0.126. The number of rotatable bonds is 3. The molecular formula is C8H17NO2. The molecule has 1 atom stereocenters. The van der Waals surface area contributed by atoms with Crippen molar-refractivity contribution in [2.45, 2.75) is 45.7 Å². The van der Waals surface area contributed by atoms with Gasteiger partial charge in [0.25, 0.3) is 0 Å². The van der Waals surface area contributed by atoms with Gasteiger partial charge in [0, 0.05) is 5.54 Å². The van der Waals surface area contributed by atoms with Crippen LogP contribution in [0.15, 0.2) is 0 Å². The third-order valence-corrected chi connectivity index (χ3v) is 1.31. The van der Waals surface area contributed by atoms with Crippen LogP contribution in [0.5, 0.6) is 0 Å². The number of hydrogen-bond donors (Lipinski definition) is 2. The first-order valence-corrected chi connectivity index (χ1v) is 3.87. The SMILES string of the molecule is CC[C@@H](NC(C)(C)C)C(=O)O. The Morgan fingerprint density at radius 3 is 2.09 bits per heavy atom. The Morgan fingerprint density at radius 1 is 1.55 bits per heavy atom. The molecule has 0 aromatic carbocycles. The van der Waals surface area contributed by atoms with Crippen LogP contribution in [0.2, 0.25) is 0 Å². The number of nitrogens with one attached hydrogen (secondary N) is 1. The van der Waals surface area contributed by atoms with Gasteiger partial charge < -0.3 is 5.11 Å². The Kier molecular flexibility index (Phi) is 3.52. The first-order chi connectivity index (χ1) is 4.87. The Bertz CT molecular complexity index is 138. The molecule has 0 aromatic rings. The van der Waals surface area contributed by atoms with Crippen LogP contribution >= 0.6 is 0 Å². The Labute approximate surface area is 67.8 Å². The molecule has 0 bridgehead atoms. The van der Waals surface area contributed by atoms with Gasteiger partial charge >= 0.3 is 5.97 Å². The number of carboxylic acids is 1. The lowest BCUT2D eigenvalue weighted by Crippen LogP contribution is -2.47. The van der Waals surface area contributed by atoms with Crippen LogP contribution in [0.1, 0.15) is 34.1 Å². The molecule has 0 aromatic heterocycles. The highest BCUT2D eigenvalue weighted by molar-refractivity contribution is 5.73. The summed E-state index contributed by atoms with van der Waals surface area (Å²) in [6, 6.07) is -0.421. The minimum atomic E-state index is -0.776. The fourth-order valence-electron chi connectivity index (χ4n) is 0.861. The molecule has 0 radical (unpaired) electrons. The van der Waals surface area contributed by atoms with E-state index < -0.39 is 12.0 Å². The lowest BCUT2D eigenvalue weighted by atomic mass is 10.1. The van der Waals surface area contributed by atoms with Gasteiger partial charge in [-0.15, -0.1) is 0 Å². The molecule has 0 heterocycles. The molecule has 66 valence electrons. The minimum Gasteiger partial charge on any atom is -0.480 e. The average molecular weight is 159 g/mol. The zero-order valence-corrected chi connectivity index (χ0v) is 7.64. The third kappa shape index (κ3) is 4.79. The van der Waals surface area contributed by atoms with E-state index in [0.29, 0.717) is 6.42 Å². The first kappa shape index (κ1) is 10.4. The normalized spacial score (nSPS) is 14.5. The summed E-state index contributed by atoms with van der Waals surface area (Å²) >= 11 is 0. The van der Waals surface area contributed by atoms with Gasteiger partial charge in [-0.2, -0.15) is 0 Å². The number of carbonyl (C=O) groups is 1. The molecule has 0 aliphatic heterocycles. The second-order valence-corrected chi connectivity index (χ2v) is 3.69. The van der Waals surface area contributed by atoms with Crippen LogP contribution in [-0.2, 0) is 4.79 Å². The largest absolute Gasteiger partial charge is 0.480 e. The molecule has 0 spiro atoms. The lowest BCUT2D eigenvalue weighted by molar-refractivity contribution is -0.140. The zero-order valence-electron chi connectivity index (χ0n) is 7.64. The highest BCUT2D eigenvalue weighted by atomic mass is 16.4. The summed E-state index contributed by atoms with van der Waals surface area (Å²) < 4.78 is 0. The van der Waals surface area contributed by atoms with E-state index in [0.717, 1.165) is 0 Å². The number of aliphatic carboxylic acids is 1. The quantitative estimate of drug-likeness (QED) is 0.651. The van der Waals surface area contributed by atoms with Crippen LogP contribution < -0.4 is 5.32 Å². The van der Waals surface area contributed by atoms with Crippen LogP contribution in [0.4, 0.5) is 0 Å². The predicted octanol–water partition coefficient (Wildman–Crippen LogP) is 1.24. The summed E-state index contributed by atoms with van der Waals surface area (Å²) in [7, 11) is 0. The molecule has 2 N–H and O–H groups in total. The maximum absolute atomic E-state index is 10.5. The van der Waals surface area contributed by atoms with Gasteiger partial charge in [-0.1, -0.05) is 6.92 Å². The first-order valence-electron chi connectivity index (χ1n) is 3.87. The molecule has 3 heteroatoms. The second-order valence-electron chi connectivity index (χ2n) is 3.69. The van der Waals surface area contributed by atoms with E-state index in [4.69, 9.17) is 5.11 Å². The zero-order chi connectivity index (χ0) is 9.07. The van der Waals surface area contributed by atoms with Crippen molar-refractivity contribution in [3.63, 3.8) is 0 Å². The van der Waals surface area contributed by atoms with Crippen molar-refractivity contribution in [2.24, 2.45) is 0 Å². The molecule has 0 rings (SSSR count). The maximum Gasteiger partial charge on any atom is 0.320 e. The molecule has 0 unspecified atom stereocenters. The highest BCUT2D eigenvalue weighted by Crippen LogP contribution is 2.03. The van der Waals surface area contributed by atoms with Crippen LogP contribution in [-0.4, -0.2) is 22.7 Å². The second kappa shape index (κ2) is 3.72. The smallest absolute Gasteiger partial charge is 0.320 e. The molecule has 11 heavy (non-hydrogen) atoms. The molecule has 0 fully saturated rings. The Hall–Kier alpha value is -0.570. The summed E-state index contributed by atoms with van der Waals surface area (Å²) in [4.78, 5) is 10.5. The van der Waals surface area contributed by atoms with Crippen molar-refractivity contribution in [1.29, 1.82) is 0 Å². The lowest BCUT2D eigenvalue weighted by Gasteiger charge is -2.24. The van der Waals surface area contributed by atoms with Crippen LogP contribution in [0, 0.1) is 0 Å². The maximum atomic E-state index is 10.5. The molecule has 0 saturated carbocycles. The van der Waals surface area contributed by atoms with Crippen molar-refractivity contribution < 1.29 is 9.90 Å². The van der Waals surface area contributed by atoms with E-state index >= 15 is 0 Å². The number of hydrogen-bond acceptors (Lipinski definition) is 2. The van der Waals surface area contributed by atoms with Gasteiger partial charge in [0.05, 0.1) is 0 Å². The van der Waals surface area contributed by atoms with Gasteiger partial charge in [0.1, 0.15) is 6.04 Å². The average Bonchev–Trinajstić information content (AvgIpc) is 1.80. The molecular weight excluding hydrogens is 142 g/mol. The minimum absolute atomic E-state index is 0.126. The molecule has 0 amide bonds. The molecule has 3 nitrogen and oxygen atoms in total. The fraction of sp³-hybridized carbons (Fsp3) is 0.875. The number of carboxylic acid groups (broad SMARTS) is 1. The van der Waals surface area contributed by atoms with E-state index in [1.807, 2.05) is 27.7 Å². The van der Waals surface area contributed by atoms with Crippen molar-refractivity contribution in [3.05, 3.63) is 0 Å². The van der Waals surface area contributed by atoms with Gasteiger partial charge in [-0.25, -0.2) is 0 Å². The van der Waals surface area contributed by atoms with Crippen LogP contribution in [0.3, 0.4) is 0 Å². The van der Waals surface area contributed by atoms with Crippen molar-refractivity contribution >= 4 is 5.97 Å². The monoisotopic (exact) mass is 159 g/mol. The Morgan fingerprint density at radius 2 is 2.00 bits per heavy atom. The molecule has 0 aliphatic carbocycles. The fourth-order valence-corrected chi connectivity index (χ4v) is 0.861. The molecule has 0 aliphatic rings. The summed E-state index contributed by atoms with van der Waals surface area (Å²) in [5.74, 6) is -0.776. The summed E-state index contributed by atoms with van der Waals surface area (Å²) in [6.45, 7) is 7.73. The summed E-state index contributed by atoms with van der Waals surface area (Å²) in [5, 5.41) is 11.7. The van der Waals surface area contributed by atoms with E-state index in [2.05, 4.69) is 5.32 Å². The van der Waals surface area contributed by atoms with Crippen molar-refractivity contribution in [3.8, 4) is 0 Å². The Balaban J connectivity index is 3.99. The molecule has 0 saturated heterocycles. The van der Waals surface area contributed by atoms with Gasteiger partial charge in [0.2, 0.25) is 0 Å². The van der Waals surface area contributed by atoms with Crippen LogP contribution in [0.25, 0.3) is 0 Å². The van der Waals surface area contributed by atoms with Gasteiger partial charge in [-0.3, -0.25) is 10.1 Å². The van der Waals surface area contributed by atoms with E-state index in [1.165, 1.54) is 0 Å². The summed E-state index contributed by atoms with van der Waals surface area (Å²) in [6.07, 6.45) is 0.618. The van der Waals surface area contributed by atoms with E-state index in [1.54, 1.807) is 0 Å². The standard InChI is InChI=1S/C8H17NO2/c1-5-6(7(10)11)9-8(2,3)4/h6,9H,5H2,1-4H3,(H,10,11)/t6-/m1/s1. The van der Waals surface area contributed by atoms with Crippen molar-refractivity contribution in [2.75, 3.05) is 0 Å².